The molecule has 2 rings (SSSR count). The first-order valence-corrected chi connectivity index (χ1v) is 11.2. The van der Waals surface area contributed by atoms with Crippen LogP contribution in [0.3, 0.4) is 0 Å². The minimum atomic E-state index is -0.626. The second kappa shape index (κ2) is 11.8. The van der Waals surface area contributed by atoms with Crippen molar-refractivity contribution in [2.24, 2.45) is 0 Å². The van der Waals surface area contributed by atoms with Crippen LogP contribution in [0.2, 0.25) is 20.1 Å². The third-order valence-corrected chi connectivity index (χ3v) is 5.96. The minimum Gasteiger partial charge on any atom is -0.354 e. The van der Waals surface area contributed by atoms with Crippen LogP contribution in [0.15, 0.2) is 36.4 Å². The minimum absolute atomic E-state index is 0.0830. The van der Waals surface area contributed by atoms with Gasteiger partial charge in [0.25, 0.3) is 0 Å². The quantitative estimate of drug-likeness (QED) is 0.457. The van der Waals surface area contributed by atoms with Crippen LogP contribution in [-0.4, -0.2) is 29.3 Å². The summed E-state index contributed by atoms with van der Waals surface area (Å²) >= 11 is 24.4. The fourth-order valence-corrected chi connectivity index (χ4v) is 3.83. The summed E-state index contributed by atoms with van der Waals surface area (Å²) in [5, 5.41) is 4.63. The van der Waals surface area contributed by atoms with Crippen molar-refractivity contribution in [1.82, 2.24) is 10.2 Å². The Morgan fingerprint density at radius 1 is 0.967 bits per heavy atom. The van der Waals surface area contributed by atoms with Gasteiger partial charge in [-0.15, -0.1) is 0 Å². The Labute approximate surface area is 197 Å². The van der Waals surface area contributed by atoms with E-state index in [1.54, 1.807) is 41.3 Å². The summed E-state index contributed by atoms with van der Waals surface area (Å²) in [7, 11) is 0. The van der Waals surface area contributed by atoms with Crippen LogP contribution in [-0.2, 0) is 22.6 Å². The van der Waals surface area contributed by atoms with Gasteiger partial charge in [0.2, 0.25) is 11.8 Å². The molecule has 0 saturated heterocycles. The van der Waals surface area contributed by atoms with E-state index in [9.17, 15) is 9.59 Å². The molecule has 0 heterocycles. The van der Waals surface area contributed by atoms with Gasteiger partial charge < -0.3 is 10.2 Å². The summed E-state index contributed by atoms with van der Waals surface area (Å²) in [6, 6.07) is 9.53. The summed E-state index contributed by atoms with van der Waals surface area (Å²) in [4.78, 5) is 27.6. The first kappa shape index (κ1) is 24.8. The van der Waals surface area contributed by atoms with Crippen molar-refractivity contribution in [3.05, 3.63) is 67.6 Å². The van der Waals surface area contributed by atoms with Gasteiger partial charge in [0.05, 0.1) is 16.5 Å². The van der Waals surface area contributed by atoms with E-state index in [4.69, 9.17) is 46.4 Å². The molecule has 0 unspecified atom stereocenters. The van der Waals surface area contributed by atoms with Crippen molar-refractivity contribution in [2.45, 2.75) is 45.7 Å². The van der Waals surface area contributed by atoms with Crippen molar-refractivity contribution in [1.29, 1.82) is 0 Å². The smallest absolute Gasteiger partial charge is 0.242 e. The van der Waals surface area contributed by atoms with E-state index in [0.717, 1.165) is 6.42 Å². The van der Waals surface area contributed by atoms with Crippen molar-refractivity contribution >= 4 is 58.2 Å². The molecule has 0 aliphatic heterocycles. The maximum absolute atomic E-state index is 13.3. The predicted octanol–water partition coefficient (Wildman–Crippen LogP) is 6.18. The molecule has 1 N–H and O–H groups in total. The lowest BCUT2D eigenvalue weighted by Gasteiger charge is -2.31. The predicted molar refractivity (Wildman–Crippen MR) is 125 cm³/mol. The molecule has 8 heteroatoms. The molecule has 2 aromatic rings. The Balaban J connectivity index is 2.33. The molecule has 0 saturated carbocycles. The van der Waals surface area contributed by atoms with Crippen LogP contribution in [0.5, 0.6) is 0 Å². The Morgan fingerprint density at radius 2 is 1.70 bits per heavy atom. The van der Waals surface area contributed by atoms with Gasteiger partial charge in [-0.05, 0) is 48.2 Å². The van der Waals surface area contributed by atoms with E-state index in [0.29, 0.717) is 44.2 Å². The highest BCUT2D eigenvalue weighted by Gasteiger charge is 2.29. The molecular weight excluding hydrogens is 466 g/mol. The van der Waals surface area contributed by atoms with Crippen LogP contribution in [0.4, 0.5) is 0 Å². The largest absolute Gasteiger partial charge is 0.354 e. The van der Waals surface area contributed by atoms with E-state index < -0.39 is 6.04 Å². The van der Waals surface area contributed by atoms with Crippen LogP contribution >= 0.6 is 46.4 Å². The summed E-state index contributed by atoms with van der Waals surface area (Å²) in [6.07, 6.45) is 1.36. The first-order chi connectivity index (χ1) is 14.3. The SMILES string of the molecule is CCCNC(=O)[C@@H](CC)N(Cc1ccc(Cl)cc1Cl)C(=O)Cc1ccc(Cl)c(Cl)c1. The molecule has 162 valence electrons. The summed E-state index contributed by atoms with van der Waals surface area (Å²) in [5.74, 6) is -0.398. The normalized spacial score (nSPS) is 11.8. The van der Waals surface area contributed by atoms with Crippen LogP contribution in [0, 0.1) is 0 Å². The molecule has 0 aliphatic rings. The topological polar surface area (TPSA) is 49.4 Å². The number of benzene rings is 2. The van der Waals surface area contributed by atoms with Gasteiger partial charge in [-0.1, -0.05) is 72.4 Å². The molecule has 0 aliphatic carbocycles. The Hall–Kier alpha value is -1.46. The third-order valence-electron chi connectivity index (χ3n) is 4.63. The van der Waals surface area contributed by atoms with Crippen molar-refractivity contribution in [3.63, 3.8) is 0 Å². The van der Waals surface area contributed by atoms with Gasteiger partial charge in [0.15, 0.2) is 0 Å². The van der Waals surface area contributed by atoms with Crippen molar-refractivity contribution < 1.29 is 9.59 Å². The lowest BCUT2D eigenvalue weighted by Crippen LogP contribution is -2.49. The van der Waals surface area contributed by atoms with E-state index in [-0.39, 0.29) is 24.8 Å². The molecule has 2 amide bonds. The number of halogens is 4. The zero-order chi connectivity index (χ0) is 22.3. The molecule has 2 aromatic carbocycles. The summed E-state index contributed by atoms with van der Waals surface area (Å²) in [5.41, 5.74) is 1.43. The molecule has 0 fully saturated rings. The van der Waals surface area contributed by atoms with Gasteiger partial charge in [-0.3, -0.25) is 9.59 Å². The second-order valence-corrected chi connectivity index (χ2v) is 8.56. The monoisotopic (exact) mass is 488 g/mol. The van der Waals surface area contributed by atoms with Gasteiger partial charge in [0.1, 0.15) is 6.04 Å². The lowest BCUT2D eigenvalue weighted by molar-refractivity contribution is -0.140. The average molecular weight is 490 g/mol. The number of amides is 2. The zero-order valence-electron chi connectivity index (χ0n) is 16.9. The fourth-order valence-electron chi connectivity index (χ4n) is 3.04. The number of rotatable bonds is 9. The number of nitrogens with one attached hydrogen (secondary N) is 1. The molecular formula is C22H24Cl4N2O2. The molecule has 30 heavy (non-hydrogen) atoms. The van der Waals surface area contributed by atoms with E-state index in [1.807, 2.05) is 13.8 Å². The van der Waals surface area contributed by atoms with Gasteiger partial charge in [-0.25, -0.2) is 0 Å². The van der Waals surface area contributed by atoms with Crippen LogP contribution in [0.1, 0.15) is 37.8 Å². The molecule has 4 nitrogen and oxygen atoms in total. The number of hydrogen-bond donors (Lipinski definition) is 1. The van der Waals surface area contributed by atoms with E-state index in [1.165, 1.54) is 0 Å². The molecule has 0 radical (unpaired) electrons. The van der Waals surface area contributed by atoms with Crippen LogP contribution in [0.25, 0.3) is 0 Å². The van der Waals surface area contributed by atoms with Crippen LogP contribution < -0.4 is 5.32 Å². The number of nitrogens with zero attached hydrogens (tertiary/aromatic N) is 1. The Morgan fingerprint density at radius 3 is 2.30 bits per heavy atom. The maximum atomic E-state index is 13.3. The third kappa shape index (κ3) is 6.78. The van der Waals surface area contributed by atoms with E-state index >= 15 is 0 Å². The molecule has 0 aromatic heterocycles. The molecule has 0 spiro atoms. The zero-order valence-corrected chi connectivity index (χ0v) is 19.9. The number of carbonyl (C=O) groups is 2. The Kier molecular flexibility index (Phi) is 9.76. The number of hydrogen-bond acceptors (Lipinski definition) is 2. The highest BCUT2D eigenvalue weighted by molar-refractivity contribution is 6.42. The summed E-state index contributed by atoms with van der Waals surface area (Å²) < 4.78 is 0. The van der Waals surface area contributed by atoms with E-state index in [2.05, 4.69) is 5.32 Å². The standard InChI is InChI=1S/C22H24Cl4N2O2/c1-3-9-27-22(30)20(4-2)28(13-15-6-7-16(23)12-18(15)25)21(29)11-14-5-8-17(24)19(26)10-14/h5-8,10,12,20H,3-4,9,11,13H2,1-2H3,(H,27,30)/t20-/m1/s1. The second-order valence-electron chi connectivity index (χ2n) is 6.90. The van der Waals surface area contributed by atoms with Crippen molar-refractivity contribution in [2.75, 3.05) is 6.54 Å². The van der Waals surface area contributed by atoms with Crippen molar-refractivity contribution in [3.8, 4) is 0 Å². The van der Waals surface area contributed by atoms with Gasteiger partial charge in [-0.2, -0.15) is 0 Å². The highest BCUT2D eigenvalue weighted by Crippen LogP contribution is 2.26. The average Bonchev–Trinajstić information content (AvgIpc) is 2.70. The molecule has 0 bridgehead atoms. The summed E-state index contributed by atoms with van der Waals surface area (Å²) in [6.45, 7) is 4.58. The highest BCUT2D eigenvalue weighted by atomic mass is 35.5. The van der Waals surface area contributed by atoms with Gasteiger partial charge >= 0.3 is 0 Å². The molecule has 1 atom stereocenters. The van der Waals surface area contributed by atoms with Gasteiger partial charge in [0, 0.05) is 23.1 Å². The first-order valence-electron chi connectivity index (χ1n) is 9.71. The lowest BCUT2D eigenvalue weighted by atomic mass is 10.1. The number of carbonyl (C=O) groups excluding carboxylic acids is 2. The fraction of sp³-hybridized carbons (Fsp3) is 0.364. The Bertz CT molecular complexity index is 905. The maximum Gasteiger partial charge on any atom is 0.242 e.